The highest BCUT2D eigenvalue weighted by Crippen LogP contribution is 2.27. The highest BCUT2D eigenvalue weighted by Gasteiger charge is 2.24. The number of aromatic nitrogens is 2. The Bertz CT molecular complexity index is 391. The quantitative estimate of drug-likeness (QED) is 0.869. The zero-order valence-electron chi connectivity index (χ0n) is 11.7. The van der Waals surface area contributed by atoms with Crippen molar-refractivity contribution in [2.24, 2.45) is 0 Å². The van der Waals surface area contributed by atoms with Gasteiger partial charge >= 0.3 is 0 Å². The van der Waals surface area contributed by atoms with Crippen LogP contribution in [-0.4, -0.2) is 29.1 Å². The van der Waals surface area contributed by atoms with Gasteiger partial charge in [0.1, 0.15) is 17.5 Å². The predicted octanol–water partition coefficient (Wildman–Crippen LogP) is 2.99. The van der Waals surface area contributed by atoms with Crippen molar-refractivity contribution in [3.8, 4) is 0 Å². The fourth-order valence-electron chi connectivity index (χ4n) is 2.60. The van der Waals surface area contributed by atoms with Gasteiger partial charge in [-0.3, -0.25) is 0 Å². The largest absolute Gasteiger partial charge is 0.370 e. The molecule has 1 saturated heterocycles. The van der Waals surface area contributed by atoms with Crippen molar-refractivity contribution < 1.29 is 0 Å². The van der Waals surface area contributed by atoms with Crippen LogP contribution in [0, 0.1) is 6.92 Å². The lowest BCUT2D eigenvalue weighted by atomic mass is 10.2. The molecule has 2 heterocycles. The molecule has 1 aliphatic heterocycles. The summed E-state index contributed by atoms with van der Waals surface area (Å²) in [6.45, 7) is 8.48. The Labute approximate surface area is 110 Å². The van der Waals surface area contributed by atoms with E-state index in [-0.39, 0.29) is 0 Å². The van der Waals surface area contributed by atoms with Gasteiger partial charge < -0.3 is 10.2 Å². The summed E-state index contributed by atoms with van der Waals surface area (Å²) >= 11 is 0. The molecule has 0 saturated carbocycles. The van der Waals surface area contributed by atoms with Crippen molar-refractivity contribution in [2.45, 2.75) is 52.5 Å². The normalized spacial score (nSPS) is 19.3. The van der Waals surface area contributed by atoms with Gasteiger partial charge in [0.25, 0.3) is 0 Å². The van der Waals surface area contributed by atoms with Gasteiger partial charge in [-0.05, 0) is 32.6 Å². The number of aryl methyl sites for hydroxylation is 1. The maximum atomic E-state index is 4.60. The molecule has 1 fully saturated rings. The number of rotatable bonds is 5. The van der Waals surface area contributed by atoms with Gasteiger partial charge in [-0.15, -0.1) is 0 Å². The first-order valence-electron chi connectivity index (χ1n) is 7.10. The molecule has 0 amide bonds. The topological polar surface area (TPSA) is 41.0 Å². The van der Waals surface area contributed by atoms with Gasteiger partial charge in [-0.2, -0.15) is 0 Å². The molecular weight excluding hydrogens is 224 g/mol. The first-order valence-corrected chi connectivity index (χ1v) is 7.10. The van der Waals surface area contributed by atoms with E-state index < -0.39 is 0 Å². The van der Waals surface area contributed by atoms with E-state index in [4.69, 9.17) is 0 Å². The molecule has 1 N–H and O–H groups in total. The van der Waals surface area contributed by atoms with Crippen LogP contribution in [0.1, 0.15) is 45.4 Å². The van der Waals surface area contributed by atoms with E-state index in [1.807, 2.05) is 6.92 Å². The average molecular weight is 248 g/mol. The molecule has 1 aromatic heterocycles. The van der Waals surface area contributed by atoms with Gasteiger partial charge in [0.15, 0.2) is 0 Å². The molecule has 0 aromatic carbocycles. The predicted molar refractivity (Wildman–Crippen MR) is 76.2 cm³/mol. The van der Waals surface area contributed by atoms with Crippen molar-refractivity contribution in [1.29, 1.82) is 0 Å². The number of hydrogen-bond acceptors (Lipinski definition) is 4. The third-order valence-corrected chi connectivity index (χ3v) is 3.52. The van der Waals surface area contributed by atoms with Crippen LogP contribution in [0.15, 0.2) is 6.07 Å². The first-order chi connectivity index (χ1) is 8.74. The minimum absolute atomic E-state index is 0.651. The molecule has 1 aliphatic rings. The number of nitrogens with zero attached hydrogens (tertiary/aromatic N) is 3. The van der Waals surface area contributed by atoms with Gasteiger partial charge in [-0.25, -0.2) is 9.97 Å². The van der Waals surface area contributed by atoms with Crippen LogP contribution in [0.25, 0.3) is 0 Å². The molecule has 2 rings (SSSR count). The molecule has 100 valence electrons. The number of anilines is 2. The highest BCUT2D eigenvalue weighted by molar-refractivity contribution is 5.50. The van der Waals surface area contributed by atoms with Crippen LogP contribution in [0.3, 0.4) is 0 Å². The molecule has 0 aliphatic carbocycles. The van der Waals surface area contributed by atoms with Crippen molar-refractivity contribution >= 4 is 11.6 Å². The van der Waals surface area contributed by atoms with Gasteiger partial charge in [0.05, 0.1) is 0 Å². The summed E-state index contributed by atoms with van der Waals surface area (Å²) in [5.41, 5.74) is 0. The summed E-state index contributed by atoms with van der Waals surface area (Å²) in [6.07, 6.45) is 4.87. The second kappa shape index (κ2) is 6.03. The minimum atomic E-state index is 0.651. The molecule has 4 nitrogen and oxygen atoms in total. The summed E-state index contributed by atoms with van der Waals surface area (Å²) in [5.74, 6) is 2.90. The fourth-order valence-corrected chi connectivity index (χ4v) is 2.60. The Morgan fingerprint density at radius 1 is 1.39 bits per heavy atom. The smallest absolute Gasteiger partial charge is 0.134 e. The monoisotopic (exact) mass is 248 g/mol. The van der Waals surface area contributed by atoms with E-state index in [0.29, 0.717) is 6.04 Å². The maximum absolute atomic E-state index is 4.60. The third-order valence-electron chi connectivity index (χ3n) is 3.52. The number of nitrogens with one attached hydrogen (secondary N) is 1. The van der Waals surface area contributed by atoms with Crippen LogP contribution < -0.4 is 10.2 Å². The van der Waals surface area contributed by atoms with Gasteiger partial charge in [0, 0.05) is 25.2 Å². The zero-order chi connectivity index (χ0) is 13.0. The van der Waals surface area contributed by atoms with Crippen molar-refractivity contribution in [1.82, 2.24) is 9.97 Å². The van der Waals surface area contributed by atoms with Crippen molar-refractivity contribution in [3.63, 3.8) is 0 Å². The van der Waals surface area contributed by atoms with Crippen LogP contribution in [0.2, 0.25) is 0 Å². The van der Waals surface area contributed by atoms with E-state index in [1.165, 1.54) is 19.3 Å². The van der Waals surface area contributed by atoms with E-state index in [9.17, 15) is 0 Å². The Kier molecular flexibility index (Phi) is 4.39. The summed E-state index contributed by atoms with van der Waals surface area (Å²) in [7, 11) is 0. The molecule has 1 atom stereocenters. The van der Waals surface area contributed by atoms with Gasteiger partial charge in [-0.1, -0.05) is 13.8 Å². The second-order valence-corrected chi connectivity index (χ2v) is 4.98. The zero-order valence-corrected chi connectivity index (χ0v) is 11.7. The van der Waals surface area contributed by atoms with Crippen LogP contribution in [0.5, 0.6) is 0 Å². The first kappa shape index (κ1) is 13.1. The molecule has 1 aromatic rings. The van der Waals surface area contributed by atoms with E-state index in [0.717, 1.165) is 37.0 Å². The van der Waals surface area contributed by atoms with E-state index in [2.05, 4.69) is 40.1 Å². The summed E-state index contributed by atoms with van der Waals surface area (Å²) in [6, 6.07) is 2.75. The molecule has 0 bridgehead atoms. The summed E-state index contributed by atoms with van der Waals surface area (Å²) < 4.78 is 0. The summed E-state index contributed by atoms with van der Waals surface area (Å²) in [5, 5.41) is 3.35. The SMILES string of the molecule is CCCNc1cc(N2CCCC2CC)nc(C)n1. The lowest BCUT2D eigenvalue weighted by Gasteiger charge is -2.25. The Morgan fingerprint density at radius 3 is 2.94 bits per heavy atom. The van der Waals surface area contributed by atoms with E-state index >= 15 is 0 Å². The van der Waals surface area contributed by atoms with Crippen molar-refractivity contribution in [2.75, 3.05) is 23.3 Å². The number of hydrogen-bond donors (Lipinski definition) is 1. The Hall–Kier alpha value is -1.32. The lowest BCUT2D eigenvalue weighted by Crippen LogP contribution is -2.29. The molecule has 18 heavy (non-hydrogen) atoms. The molecule has 0 radical (unpaired) electrons. The highest BCUT2D eigenvalue weighted by atomic mass is 15.2. The average Bonchev–Trinajstić information content (AvgIpc) is 2.84. The van der Waals surface area contributed by atoms with Crippen LogP contribution in [-0.2, 0) is 0 Å². The molecule has 4 heteroatoms. The Balaban J connectivity index is 2.18. The second-order valence-electron chi connectivity index (χ2n) is 4.98. The fraction of sp³-hybridized carbons (Fsp3) is 0.714. The van der Waals surface area contributed by atoms with Crippen LogP contribution >= 0.6 is 0 Å². The van der Waals surface area contributed by atoms with Gasteiger partial charge in [0.2, 0.25) is 0 Å². The lowest BCUT2D eigenvalue weighted by molar-refractivity contribution is 0.639. The van der Waals surface area contributed by atoms with Crippen molar-refractivity contribution in [3.05, 3.63) is 11.9 Å². The molecule has 1 unspecified atom stereocenters. The Morgan fingerprint density at radius 2 is 2.22 bits per heavy atom. The third kappa shape index (κ3) is 2.92. The maximum Gasteiger partial charge on any atom is 0.134 e. The van der Waals surface area contributed by atoms with Crippen LogP contribution in [0.4, 0.5) is 11.6 Å². The summed E-state index contributed by atoms with van der Waals surface area (Å²) in [4.78, 5) is 11.5. The minimum Gasteiger partial charge on any atom is -0.370 e. The standard InChI is InChI=1S/C14H24N4/c1-4-8-15-13-10-14(17-11(3)16-13)18-9-6-7-12(18)5-2/h10,12H,4-9H2,1-3H3,(H,15,16,17). The molecule has 0 spiro atoms. The molecular formula is C14H24N4. The van der Waals surface area contributed by atoms with E-state index in [1.54, 1.807) is 0 Å².